The number of aryl methyl sites for hydroxylation is 1. The van der Waals surface area contributed by atoms with Crippen molar-refractivity contribution < 1.29 is 28.5 Å². The van der Waals surface area contributed by atoms with Crippen LogP contribution in [0.2, 0.25) is 0 Å². The summed E-state index contributed by atoms with van der Waals surface area (Å²) in [5, 5.41) is 2.97. The lowest BCUT2D eigenvalue weighted by Crippen LogP contribution is -2.30. The van der Waals surface area contributed by atoms with Crippen molar-refractivity contribution in [1.29, 1.82) is 0 Å². The Morgan fingerprint density at radius 3 is 2.42 bits per heavy atom. The molecule has 0 aromatic heterocycles. The minimum Gasteiger partial charge on any atom is -0.493 e. The Morgan fingerprint density at radius 1 is 0.909 bits per heavy atom. The van der Waals surface area contributed by atoms with Gasteiger partial charge in [0.15, 0.2) is 11.5 Å². The van der Waals surface area contributed by atoms with Crippen LogP contribution in [0, 0.1) is 5.92 Å². The SMILES string of the molecule is COCCCOc1cc(CCCCCC[C@@H](C)C(=O)NCCCCOC(C)=O)ccc1OC. The minimum absolute atomic E-state index is 0.0258. The highest BCUT2D eigenvalue weighted by atomic mass is 16.5. The van der Waals surface area contributed by atoms with Gasteiger partial charge >= 0.3 is 5.97 Å². The van der Waals surface area contributed by atoms with E-state index < -0.39 is 0 Å². The van der Waals surface area contributed by atoms with E-state index in [1.165, 1.54) is 12.5 Å². The molecule has 0 saturated carbocycles. The minimum atomic E-state index is -0.260. The van der Waals surface area contributed by atoms with E-state index in [1.807, 2.05) is 13.0 Å². The highest BCUT2D eigenvalue weighted by molar-refractivity contribution is 5.78. The number of carbonyl (C=O) groups excluding carboxylic acids is 2. The van der Waals surface area contributed by atoms with Gasteiger partial charge in [0, 0.05) is 39.5 Å². The predicted molar refractivity (Wildman–Crippen MR) is 130 cm³/mol. The largest absolute Gasteiger partial charge is 0.493 e. The molecule has 7 heteroatoms. The third-order valence-corrected chi connectivity index (χ3v) is 5.45. The quantitative estimate of drug-likeness (QED) is 0.236. The third kappa shape index (κ3) is 13.8. The average Bonchev–Trinajstić information content (AvgIpc) is 2.80. The first-order chi connectivity index (χ1) is 16.0. The van der Waals surface area contributed by atoms with Crippen LogP contribution in [0.25, 0.3) is 0 Å². The van der Waals surface area contributed by atoms with Gasteiger partial charge in [-0.3, -0.25) is 9.59 Å². The number of benzene rings is 1. The standard InChI is InChI=1S/C26H43NO6/c1-21(26(29)27-16-9-10-18-32-22(2)28)12-7-5-6-8-13-23-14-15-24(31-4)25(20-23)33-19-11-17-30-3/h14-15,20-21H,5-13,16-19H2,1-4H3,(H,27,29)/t21-/m1/s1. The molecule has 0 unspecified atom stereocenters. The summed E-state index contributed by atoms with van der Waals surface area (Å²) >= 11 is 0. The smallest absolute Gasteiger partial charge is 0.302 e. The van der Waals surface area contributed by atoms with Crippen LogP contribution in [0.15, 0.2) is 18.2 Å². The Bertz CT molecular complexity index is 679. The highest BCUT2D eigenvalue weighted by Crippen LogP contribution is 2.29. The zero-order valence-corrected chi connectivity index (χ0v) is 21.0. The fraction of sp³-hybridized carbons (Fsp3) is 0.692. The van der Waals surface area contributed by atoms with Gasteiger partial charge in [0.2, 0.25) is 5.91 Å². The van der Waals surface area contributed by atoms with E-state index in [0.717, 1.165) is 69.3 Å². The van der Waals surface area contributed by atoms with Gasteiger partial charge in [-0.1, -0.05) is 32.3 Å². The number of methoxy groups -OCH3 is 2. The first kappa shape index (κ1) is 28.8. The first-order valence-corrected chi connectivity index (χ1v) is 12.2. The van der Waals surface area contributed by atoms with Crippen molar-refractivity contribution in [2.45, 2.75) is 71.6 Å². The van der Waals surface area contributed by atoms with Crippen molar-refractivity contribution in [3.05, 3.63) is 23.8 Å². The van der Waals surface area contributed by atoms with E-state index >= 15 is 0 Å². The van der Waals surface area contributed by atoms with Gasteiger partial charge in [-0.05, 0) is 49.8 Å². The number of rotatable bonds is 19. The maximum absolute atomic E-state index is 12.2. The van der Waals surface area contributed by atoms with Crippen LogP contribution >= 0.6 is 0 Å². The normalized spacial score (nSPS) is 11.6. The van der Waals surface area contributed by atoms with Gasteiger partial charge in [0.05, 0.1) is 20.3 Å². The van der Waals surface area contributed by atoms with Crippen LogP contribution in [0.4, 0.5) is 0 Å². The molecule has 0 aliphatic heterocycles. The van der Waals surface area contributed by atoms with Crippen molar-refractivity contribution in [2.24, 2.45) is 5.92 Å². The zero-order chi connectivity index (χ0) is 24.3. The number of unbranched alkanes of at least 4 members (excludes halogenated alkanes) is 4. The van der Waals surface area contributed by atoms with Crippen molar-refractivity contribution in [1.82, 2.24) is 5.32 Å². The molecule has 1 aromatic carbocycles. The van der Waals surface area contributed by atoms with Crippen LogP contribution in [0.3, 0.4) is 0 Å². The maximum atomic E-state index is 12.2. The lowest BCUT2D eigenvalue weighted by atomic mass is 10.00. The van der Waals surface area contributed by atoms with Gasteiger partial charge in [-0.2, -0.15) is 0 Å². The first-order valence-electron chi connectivity index (χ1n) is 12.2. The molecular formula is C26H43NO6. The number of esters is 1. The molecule has 1 amide bonds. The molecular weight excluding hydrogens is 422 g/mol. The van der Waals surface area contributed by atoms with Crippen molar-refractivity contribution in [3.63, 3.8) is 0 Å². The molecule has 0 radical (unpaired) electrons. The predicted octanol–water partition coefficient (Wildman–Crippen LogP) is 4.70. The van der Waals surface area contributed by atoms with E-state index in [4.69, 9.17) is 18.9 Å². The molecule has 0 heterocycles. The molecule has 1 aromatic rings. The van der Waals surface area contributed by atoms with Gasteiger partial charge in [0.25, 0.3) is 0 Å². The van der Waals surface area contributed by atoms with Crippen LogP contribution < -0.4 is 14.8 Å². The Kier molecular flexibility index (Phi) is 15.8. The summed E-state index contributed by atoms with van der Waals surface area (Å²) in [5.74, 6) is 1.42. The van der Waals surface area contributed by atoms with Gasteiger partial charge in [-0.15, -0.1) is 0 Å². The van der Waals surface area contributed by atoms with Gasteiger partial charge < -0.3 is 24.3 Å². The number of hydrogen-bond acceptors (Lipinski definition) is 6. The van der Waals surface area contributed by atoms with Gasteiger partial charge in [-0.25, -0.2) is 0 Å². The lowest BCUT2D eigenvalue weighted by Gasteiger charge is -2.13. The van der Waals surface area contributed by atoms with Crippen LogP contribution in [-0.2, 0) is 25.5 Å². The summed E-state index contributed by atoms with van der Waals surface area (Å²) in [6, 6.07) is 6.14. The van der Waals surface area contributed by atoms with Crippen LogP contribution in [0.5, 0.6) is 11.5 Å². The second-order valence-electron chi connectivity index (χ2n) is 8.37. The van der Waals surface area contributed by atoms with Crippen molar-refractivity contribution in [3.8, 4) is 11.5 Å². The Labute approximate surface area is 199 Å². The van der Waals surface area contributed by atoms with Crippen LogP contribution in [-0.4, -0.2) is 52.5 Å². The molecule has 0 aliphatic carbocycles. The number of ether oxygens (including phenoxy) is 4. The monoisotopic (exact) mass is 465 g/mol. The maximum Gasteiger partial charge on any atom is 0.302 e. The Balaban J connectivity index is 2.17. The summed E-state index contributed by atoms with van der Waals surface area (Å²) in [6.45, 7) is 5.72. The molecule has 0 saturated heterocycles. The van der Waals surface area contributed by atoms with Gasteiger partial charge in [0.1, 0.15) is 0 Å². The zero-order valence-electron chi connectivity index (χ0n) is 21.0. The third-order valence-electron chi connectivity index (χ3n) is 5.45. The van der Waals surface area contributed by atoms with E-state index in [1.54, 1.807) is 14.2 Å². The highest BCUT2D eigenvalue weighted by Gasteiger charge is 2.12. The lowest BCUT2D eigenvalue weighted by molar-refractivity contribution is -0.141. The molecule has 33 heavy (non-hydrogen) atoms. The summed E-state index contributed by atoms with van der Waals surface area (Å²) in [6.07, 6.45) is 8.76. The molecule has 1 rings (SSSR count). The Morgan fingerprint density at radius 2 is 1.70 bits per heavy atom. The molecule has 1 atom stereocenters. The molecule has 188 valence electrons. The van der Waals surface area contributed by atoms with Crippen LogP contribution in [0.1, 0.15) is 70.8 Å². The summed E-state index contributed by atoms with van der Waals surface area (Å²) in [4.78, 5) is 22.9. The number of hydrogen-bond donors (Lipinski definition) is 1. The average molecular weight is 466 g/mol. The van der Waals surface area contributed by atoms with E-state index in [0.29, 0.717) is 26.4 Å². The molecule has 1 N–H and O–H groups in total. The van der Waals surface area contributed by atoms with E-state index in [9.17, 15) is 9.59 Å². The second kappa shape index (κ2) is 18.2. The summed E-state index contributed by atoms with van der Waals surface area (Å²) in [7, 11) is 3.35. The molecule has 0 fully saturated rings. The number of carbonyl (C=O) groups is 2. The summed E-state index contributed by atoms with van der Waals surface area (Å²) in [5.41, 5.74) is 1.25. The summed E-state index contributed by atoms with van der Waals surface area (Å²) < 4.78 is 21.2. The van der Waals surface area contributed by atoms with Crippen molar-refractivity contribution in [2.75, 3.05) is 40.6 Å². The van der Waals surface area contributed by atoms with E-state index in [2.05, 4.69) is 17.4 Å². The Hall–Kier alpha value is -2.28. The topological polar surface area (TPSA) is 83.1 Å². The van der Waals surface area contributed by atoms with E-state index in [-0.39, 0.29) is 17.8 Å². The molecule has 0 bridgehead atoms. The number of nitrogens with one attached hydrogen (secondary N) is 1. The molecule has 0 aliphatic rings. The fourth-order valence-corrected chi connectivity index (χ4v) is 3.47. The molecule has 7 nitrogen and oxygen atoms in total. The number of amides is 1. The second-order valence-corrected chi connectivity index (χ2v) is 8.37. The molecule has 0 spiro atoms. The fourth-order valence-electron chi connectivity index (χ4n) is 3.47. The van der Waals surface area contributed by atoms with Crippen molar-refractivity contribution >= 4 is 11.9 Å².